The summed E-state index contributed by atoms with van der Waals surface area (Å²) >= 11 is 0. The Morgan fingerprint density at radius 1 is 1.20 bits per heavy atom. The predicted octanol–water partition coefficient (Wildman–Crippen LogP) is 3.01. The molecule has 2 amide bonds. The Bertz CT molecular complexity index is 1030. The average Bonchev–Trinajstić information content (AvgIpc) is 3.18. The molecule has 3 heterocycles. The first kappa shape index (κ1) is 19.6. The molecule has 30 heavy (non-hydrogen) atoms. The first-order valence-electron chi connectivity index (χ1n) is 9.94. The molecule has 2 aromatic heterocycles. The number of pyridine rings is 1. The van der Waals surface area contributed by atoms with E-state index in [9.17, 15) is 9.59 Å². The lowest BCUT2D eigenvalue weighted by Gasteiger charge is -2.17. The second-order valence-corrected chi connectivity index (χ2v) is 7.09. The van der Waals surface area contributed by atoms with Crippen LogP contribution in [0.1, 0.15) is 30.5 Å². The third-order valence-corrected chi connectivity index (χ3v) is 4.75. The minimum atomic E-state index is -0.102. The van der Waals surface area contributed by atoms with E-state index in [0.29, 0.717) is 44.7 Å². The van der Waals surface area contributed by atoms with E-state index >= 15 is 0 Å². The van der Waals surface area contributed by atoms with Gasteiger partial charge in [-0.25, -0.2) is 0 Å². The highest BCUT2D eigenvalue weighted by Gasteiger charge is 2.15. The van der Waals surface area contributed by atoms with E-state index in [4.69, 9.17) is 4.74 Å². The Hall–Kier alpha value is -3.68. The van der Waals surface area contributed by atoms with E-state index in [1.165, 1.54) is 0 Å². The van der Waals surface area contributed by atoms with Crippen LogP contribution in [-0.2, 0) is 22.6 Å². The topological polar surface area (TPSA) is 98.1 Å². The Labute approximate surface area is 174 Å². The van der Waals surface area contributed by atoms with E-state index in [1.54, 1.807) is 16.9 Å². The number of rotatable bonds is 8. The lowest BCUT2D eigenvalue weighted by molar-refractivity contribution is -0.117. The van der Waals surface area contributed by atoms with E-state index in [-0.39, 0.29) is 11.8 Å². The average molecular weight is 405 g/mol. The summed E-state index contributed by atoms with van der Waals surface area (Å²) in [6, 6.07) is 13.1. The number of anilines is 2. The van der Waals surface area contributed by atoms with Gasteiger partial charge >= 0.3 is 0 Å². The van der Waals surface area contributed by atoms with Gasteiger partial charge in [0.15, 0.2) is 5.82 Å². The van der Waals surface area contributed by atoms with Crippen molar-refractivity contribution in [1.82, 2.24) is 14.8 Å². The summed E-state index contributed by atoms with van der Waals surface area (Å²) < 4.78 is 7.49. The van der Waals surface area contributed by atoms with Crippen molar-refractivity contribution in [3.63, 3.8) is 0 Å². The zero-order valence-electron chi connectivity index (χ0n) is 16.5. The van der Waals surface area contributed by atoms with Gasteiger partial charge in [-0.1, -0.05) is 6.07 Å². The summed E-state index contributed by atoms with van der Waals surface area (Å²) in [7, 11) is 0. The third kappa shape index (κ3) is 5.22. The number of benzene rings is 1. The van der Waals surface area contributed by atoms with E-state index in [1.807, 2.05) is 42.6 Å². The zero-order valence-corrected chi connectivity index (χ0v) is 16.5. The lowest BCUT2D eigenvalue weighted by atomic mass is 10.0. The number of fused-ring (bicyclic) bond motifs is 1. The van der Waals surface area contributed by atoms with Crippen LogP contribution in [0, 0.1) is 0 Å². The standard InChI is InChI=1S/C22H23N5O3/c28-21(25-20-10-12-27(26-20)15-17-4-1-2-11-23-17)5-3-13-30-18-7-8-19-16(14-18)6-9-22(29)24-19/h1-2,4,7-8,10-12,14H,3,5-6,9,13,15H2,(H,24,29)(H,25,26,28). The third-order valence-electron chi connectivity index (χ3n) is 4.75. The number of hydrogen-bond acceptors (Lipinski definition) is 5. The Kier molecular flexibility index (Phi) is 6.03. The first-order valence-corrected chi connectivity index (χ1v) is 9.94. The molecule has 1 aliphatic rings. The van der Waals surface area contributed by atoms with Gasteiger partial charge in [0.05, 0.1) is 18.8 Å². The number of amides is 2. The van der Waals surface area contributed by atoms with Crippen molar-refractivity contribution in [3.05, 3.63) is 66.1 Å². The molecule has 2 N–H and O–H groups in total. The molecule has 0 saturated heterocycles. The fourth-order valence-corrected chi connectivity index (χ4v) is 3.25. The summed E-state index contributed by atoms with van der Waals surface area (Å²) in [6.45, 7) is 0.988. The molecule has 0 radical (unpaired) electrons. The van der Waals surface area contributed by atoms with Crippen molar-refractivity contribution in [2.75, 3.05) is 17.2 Å². The fourth-order valence-electron chi connectivity index (χ4n) is 3.25. The van der Waals surface area contributed by atoms with Crippen molar-refractivity contribution >= 4 is 23.3 Å². The number of aryl methyl sites for hydroxylation is 1. The van der Waals surface area contributed by atoms with Gasteiger partial charge in [0.25, 0.3) is 0 Å². The Morgan fingerprint density at radius 3 is 3.00 bits per heavy atom. The molecule has 1 aromatic carbocycles. The van der Waals surface area contributed by atoms with Crippen molar-refractivity contribution < 1.29 is 14.3 Å². The molecular weight excluding hydrogens is 382 g/mol. The molecule has 0 atom stereocenters. The van der Waals surface area contributed by atoms with Crippen LogP contribution in [0.2, 0.25) is 0 Å². The number of carbonyl (C=O) groups is 2. The number of aromatic nitrogens is 3. The van der Waals surface area contributed by atoms with E-state index in [2.05, 4.69) is 20.7 Å². The summed E-state index contributed by atoms with van der Waals surface area (Å²) in [4.78, 5) is 27.8. The van der Waals surface area contributed by atoms with Crippen LogP contribution in [0.25, 0.3) is 0 Å². The quantitative estimate of drug-likeness (QED) is 0.562. The van der Waals surface area contributed by atoms with Gasteiger partial charge in [-0.15, -0.1) is 0 Å². The van der Waals surface area contributed by atoms with Crippen LogP contribution in [0.3, 0.4) is 0 Å². The second kappa shape index (κ2) is 9.21. The maximum atomic E-state index is 12.1. The highest BCUT2D eigenvalue weighted by Crippen LogP contribution is 2.26. The van der Waals surface area contributed by atoms with Gasteiger partial charge in [0, 0.05) is 37.0 Å². The van der Waals surface area contributed by atoms with Crippen molar-refractivity contribution in [2.45, 2.75) is 32.2 Å². The minimum absolute atomic E-state index is 0.0451. The van der Waals surface area contributed by atoms with Crippen molar-refractivity contribution in [2.24, 2.45) is 0 Å². The lowest BCUT2D eigenvalue weighted by Crippen LogP contribution is -2.18. The second-order valence-electron chi connectivity index (χ2n) is 7.09. The van der Waals surface area contributed by atoms with E-state index < -0.39 is 0 Å². The monoisotopic (exact) mass is 405 g/mol. The normalized spacial score (nSPS) is 12.7. The summed E-state index contributed by atoms with van der Waals surface area (Å²) in [5.41, 5.74) is 2.83. The number of nitrogens with zero attached hydrogens (tertiary/aromatic N) is 3. The summed E-state index contributed by atoms with van der Waals surface area (Å²) in [5, 5.41) is 10.0. The smallest absolute Gasteiger partial charge is 0.225 e. The van der Waals surface area contributed by atoms with Gasteiger partial charge in [-0.05, 0) is 48.7 Å². The number of ether oxygens (including phenoxy) is 1. The van der Waals surface area contributed by atoms with Gasteiger partial charge in [0.2, 0.25) is 11.8 Å². The molecule has 0 unspecified atom stereocenters. The van der Waals surface area contributed by atoms with E-state index in [0.717, 1.165) is 22.7 Å². The molecule has 4 rings (SSSR count). The molecule has 8 nitrogen and oxygen atoms in total. The molecule has 0 spiro atoms. The maximum absolute atomic E-state index is 12.1. The zero-order chi connectivity index (χ0) is 20.8. The molecule has 8 heteroatoms. The molecule has 0 bridgehead atoms. The molecular formula is C22H23N5O3. The van der Waals surface area contributed by atoms with Crippen LogP contribution < -0.4 is 15.4 Å². The summed E-state index contributed by atoms with van der Waals surface area (Å²) in [6.07, 6.45) is 5.70. The molecule has 0 fully saturated rings. The van der Waals surface area contributed by atoms with Gasteiger partial charge in [-0.2, -0.15) is 5.10 Å². The highest BCUT2D eigenvalue weighted by molar-refractivity contribution is 5.94. The number of nitrogens with one attached hydrogen (secondary N) is 2. The van der Waals surface area contributed by atoms with Gasteiger partial charge in [-0.3, -0.25) is 19.3 Å². The summed E-state index contributed by atoms with van der Waals surface area (Å²) in [5.74, 6) is 1.21. The minimum Gasteiger partial charge on any atom is -0.494 e. The van der Waals surface area contributed by atoms with Crippen LogP contribution in [0.5, 0.6) is 5.75 Å². The largest absolute Gasteiger partial charge is 0.494 e. The first-order chi connectivity index (χ1) is 14.7. The molecule has 1 aliphatic heterocycles. The Balaban J connectivity index is 1.19. The number of hydrogen-bond donors (Lipinski definition) is 2. The molecule has 0 saturated carbocycles. The Morgan fingerprint density at radius 2 is 2.13 bits per heavy atom. The van der Waals surface area contributed by atoms with Crippen molar-refractivity contribution in [1.29, 1.82) is 0 Å². The molecule has 3 aromatic rings. The predicted molar refractivity (Wildman–Crippen MR) is 112 cm³/mol. The van der Waals surface area contributed by atoms with Gasteiger partial charge < -0.3 is 15.4 Å². The molecule has 154 valence electrons. The van der Waals surface area contributed by atoms with Crippen LogP contribution in [-0.4, -0.2) is 33.2 Å². The number of carbonyl (C=O) groups excluding carboxylic acids is 2. The van der Waals surface area contributed by atoms with Crippen LogP contribution in [0.15, 0.2) is 54.9 Å². The van der Waals surface area contributed by atoms with Gasteiger partial charge in [0.1, 0.15) is 5.75 Å². The highest BCUT2D eigenvalue weighted by atomic mass is 16.5. The van der Waals surface area contributed by atoms with Crippen LogP contribution >= 0.6 is 0 Å². The maximum Gasteiger partial charge on any atom is 0.225 e. The van der Waals surface area contributed by atoms with Crippen molar-refractivity contribution in [3.8, 4) is 5.75 Å². The fraction of sp³-hybridized carbons (Fsp3) is 0.273. The SMILES string of the molecule is O=C(CCCOc1ccc2c(c1)CCC(=O)N2)Nc1ccn(Cc2ccccn2)n1. The van der Waals surface area contributed by atoms with Crippen LogP contribution in [0.4, 0.5) is 11.5 Å². The molecule has 0 aliphatic carbocycles.